The number of rotatable bonds is 3. The van der Waals surface area contributed by atoms with Crippen LogP contribution in [0.1, 0.15) is 5.56 Å². The molecule has 3 rings (SSSR count). The fourth-order valence-corrected chi connectivity index (χ4v) is 2.85. The smallest absolute Gasteiger partial charge is 0.324 e. The Morgan fingerprint density at radius 2 is 1.84 bits per heavy atom. The summed E-state index contributed by atoms with van der Waals surface area (Å²) >= 11 is 6.05. The number of nitrogens with zero attached hydrogens (tertiary/aromatic N) is 2. The van der Waals surface area contributed by atoms with Gasteiger partial charge in [0.25, 0.3) is 5.56 Å². The summed E-state index contributed by atoms with van der Waals surface area (Å²) in [6.07, 6.45) is 0. The lowest BCUT2D eigenvalue weighted by Gasteiger charge is -2.13. The molecule has 1 heterocycles. The third-order valence-corrected chi connectivity index (χ3v) is 4.50. The molecule has 25 heavy (non-hydrogen) atoms. The van der Waals surface area contributed by atoms with E-state index in [1.807, 2.05) is 0 Å². The Balaban J connectivity index is 2.01. The highest BCUT2D eigenvalue weighted by Crippen LogP contribution is 2.22. The van der Waals surface area contributed by atoms with Crippen LogP contribution in [0.15, 0.2) is 52.1 Å². The van der Waals surface area contributed by atoms with Crippen LogP contribution in [0.5, 0.6) is 0 Å². The highest BCUT2D eigenvalue weighted by molar-refractivity contribution is 6.31. The molecule has 0 bridgehead atoms. The molecule has 6 nitrogen and oxygen atoms in total. The molecule has 0 fully saturated rings. The van der Waals surface area contributed by atoms with Crippen molar-refractivity contribution in [3.05, 3.63) is 73.9 Å². The van der Waals surface area contributed by atoms with Crippen LogP contribution in [0.4, 0.5) is 5.69 Å². The summed E-state index contributed by atoms with van der Waals surface area (Å²) in [5.74, 6) is -0.378. The van der Waals surface area contributed by atoms with E-state index in [1.165, 1.54) is 11.6 Å². The average Bonchev–Trinajstić information content (AvgIpc) is 2.61. The largest absolute Gasteiger partial charge is 0.331 e. The van der Waals surface area contributed by atoms with Gasteiger partial charge >= 0.3 is 5.69 Å². The van der Waals surface area contributed by atoms with Gasteiger partial charge < -0.3 is 5.32 Å². The maximum atomic E-state index is 12.4. The second kappa shape index (κ2) is 6.57. The zero-order valence-corrected chi connectivity index (χ0v) is 14.5. The predicted molar refractivity (Wildman–Crippen MR) is 98.3 cm³/mol. The first kappa shape index (κ1) is 17.0. The van der Waals surface area contributed by atoms with Crippen LogP contribution in [0.25, 0.3) is 10.9 Å². The fourth-order valence-electron chi connectivity index (χ4n) is 2.67. The number of halogens is 1. The first-order valence-corrected chi connectivity index (χ1v) is 8.01. The fraction of sp³-hybridized carbons (Fsp3) is 0.167. The zero-order valence-electron chi connectivity index (χ0n) is 13.7. The van der Waals surface area contributed by atoms with Crippen LogP contribution < -0.4 is 16.6 Å². The van der Waals surface area contributed by atoms with Gasteiger partial charge in [0.1, 0.15) is 6.54 Å². The number of hydrogen-bond acceptors (Lipinski definition) is 3. The van der Waals surface area contributed by atoms with E-state index in [2.05, 4.69) is 5.32 Å². The van der Waals surface area contributed by atoms with Crippen LogP contribution in [0.3, 0.4) is 0 Å². The third kappa shape index (κ3) is 3.08. The van der Waals surface area contributed by atoms with Crippen molar-refractivity contribution in [2.24, 2.45) is 7.05 Å². The molecule has 2 aromatic carbocycles. The van der Waals surface area contributed by atoms with Crippen molar-refractivity contribution in [1.29, 1.82) is 0 Å². The molecule has 0 aliphatic rings. The standard InChI is InChI=1S/C18H16ClN3O3/c1-11-13(19)7-5-8-14(11)20-16(23)10-22-15-9-4-3-6-12(15)17(24)21(2)18(22)25/h3-9H,10H2,1-2H3,(H,20,23). The van der Waals surface area contributed by atoms with Crippen molar-refractivity contribution in [3.63, 3.8) is 0 Å². The summed E-state index contributed by atoms with van der Waals surface area (Å²) in [5, 5.41) is 3.68. The summed E-state index contributed by atoms with van der Waals surface area (Å²) < 4.78 is 2.28. The number of nitrogens with one attached hydrogen (secondary N) is 1. The van der Waals surface area contributed by atoms with E-state index in [1.54, 1.807) is 49.4 Å². The van der Waals surface area contributed by atoms with Crippen molar-refractivity contribution < 1.29 is 4.79 Å². The minimum absolute atomic E-state index is 0.209. The van der Waals surface area contributed by atoms with E-state index in [4.69, 9.17) is 11.6 Å². The summed E-state index contributed by atoms with van der Waals surface area (Å²) in [4.78, 5) is 37.1. The van der Waals surface area contributed by atoms with Gasteiger partial charge in [0.2, 0.25) is 5.91 Å². The van der Waals surface area contributed by atoms with E-state index in [-0.39, 0.29) is 18.0 Å². The Labute approximate surface area is 148 Å². The molecule has 7 heteroatoms. The van der Waals surface area contributed by atoms with E-state index < -0.39 is 5.69 Å². The van der Waals surface area contributed by atoms with Crippen molar-refractivity contribution >= 4 is 34.1 Å². The van der Waals surface area contributed by atoms with Gasteiger partial charge in [0.15, 0.2) is 0 Å². The van der Waals surface area contributed by atoms with Crippen LogP contribution in [-0.2, 0) is 18.4 Å². The minimum Gasteiger partial charge on any atom is -0.324 e. The number of amides is 1. The number of carbonyl (C=O) groups is 1. The summed E-state index contributed by atoms with van der Waals surface area (Å²) in [5.41, 5.74) is 0.827. The summed E-state index contributed by atoms with van der Waals surface area (Å²) in [6, 6.07) is 11.9. The Morgan fingerprint density at radius 1 is 1.12 bits per heavy atom. The maximum absolute atomic E-state index is 12.4. The molecule has 128 valence electrons. The SMILES string of the molecule is Cc1c(Cl)cccc1NC(=O)Cn1c(=O)n(C)c(=O)c2ccccc21. The number of hydrogen-bond donors (Lipinski definition) is 1. The van der Waals surface area contributed by atoms with Gasteiger partial charge in [-0.15, -0.1) is 0 Å². The second-order valence-electron chi connectivity index (χ2n) is 5.71. The highest BCUT2D eigenvalue weighted by Gasteiger charge is 2.14. The Hall–Kier alpha value is -2.86. The topological polar surface area (TPSA) is 73.1 Å². The molecule has 0 radical (unpaired) electrons. The second-order valence-corrected chi connectivity index (χ2v) is 6.12. The molecule has 0 saturated heterocycles. The van der Waals surface area contributed by atoms with Gasteiger partial charge in [0, 0.05) is 17.8 Å². The third-order valence-electron chi connectivity index (χ3n) is 4.09. The van der Waals surface area contributed by atoms with Gasteiger partial charge in [-0.1, -0.05) is 29.8 Å². The lowest BCUT2D eigenvalue weighted by Crippen LogP contribution is -2.40. The van der Waals surface area contributed by atoms with Crippen molar-refractivity contribution in [2.45, 2.75) is 13.5 Å². The van der Waals surface area contributed by atoms with Crippen LogP contribution in [0.2, 0.25) is 5.02 Å². The van der Waals surface area contributed by atoms with E-state index in [9.17, 15) is 14.4 Å². The van der Waals surface area contributed by atoms with E-state index in [0.717, 1.165) is 10.1 Å². The highest BCUT2D eigenvalue weighted by atomic mass is 35.5. The predicted octanol–water partition coefficient (Wildman–Crippen LogP) is 2.30. The molecule has 3 aromatic rings. The van der Waals surface area contributed by atoms with Crippen molar-refractivity contribution in [1.82, 2.24) is 9.13 Å². The molecule has 0 unspecified atom stereocenters. The van der Waals surface area contributed by atoms with Gasteiger partial charge in [-0.25, -0.2) is 4.79 Å². The number of aromatic nitrogens is 2. The van der Waals surface area contributed by atoms with Gasteiger partial charge in [-0.05, 0) is 36.8 Å². The first-order chi connectivity index (χ1) is 11.9. The van der Waals surface area contributed by atoms with Gasteiger partial charge in [0.05, 0.1) is 10.9 Å². The number of fused-ring (bicyclic) bond motifs is 1. The molecular formula is C18H16ClN3O3. The summed E-state index contributed by atoms with van der Waals surface area (Å²) in [6.45, 7) is 1.59. The number of benzene rings is 2. The molecular weight excluding hydrogens is 342 g/mol. The first-order valence-electron chi connectivity index (χ1n) is 7.63. The monoisotopic (exact) mass is 357 g/mol. The van der Waals surface area contributed by atoms with E-state index >= 15 is 0 Å². The number of anilines is 1. The summed E-state index contributed by atoms with van der Waals surface area (Å²) in [7, 11) is 1.40. The molecule has 1 amide bonds. The van der Waals surface area contributed by atoms with E-state index in [0.29, 0.717) is 21.6 Å². The van der Waals surface area contributed by atoms with Gasteiger partial charge in [-0.2, -0.15) is 0 Å². The van der Waals surface area contributed by atoms with Crippen LogP contribution >= 0.6 is 11.6 Å². The van der Waals surface area contributed by atoms with Crippen molar-refractivity contribution in [2.75, 3.05) is 5.32 Å². The lowest BCUT2D eigenvalue weighted by molar-refractivity contribution is -0.116. The zero-order chi connectivity index (χ0) is 18.1. The molecule has 0 aliphatic carbocycles. The number of para-hydroxylation sites is 1. The van der Waals surface area contributed by atoms with Crippen LogP contribution in [-0.4, -0.2) is 15.0 Å². The Morgan fingerprint density at radius 3 is 2.60 bits per heavy atom. The average molecular weight is 358 g/mol. The molecule has 0 atom stereocenters. The minimum atomic E-state index is -0.540. The molecule has 0 aliphatic heterocycles. The van der Waals surface area contributed by atoms with Crippen molar-refractivity contribution in [3.8, 4) is 0 Å². The maximum Gasteiger partial charge on any atom is 0.331 e. The van der Waals surface area contributed by atoms with Gasteiger partial charge in [-0.3, -0.25) is 18.7 Å². The lowest BCUT2D eigenvalue weighted by atomic mass is 10.2. The van der Waals surface area contributed by atoms with Crippen LogP contribution in [0, 0.1) is 6.92 Å². The molecule has 1 aromatic heterocycles. The number of carbonyl (C=O) groups excluding carboxylic acids is 1. The molecule has 0 saturated carbocycles. The Kier molecular flexibility index (Phi) is 4.46. The normalized spacial score (nSPS) is 10.8. The Bertz CT molecular complexity index is 1100. The molecule has 0 spiro atoms. The quantitative estimate of drug-likeness (QED) is 0.781. The molecule has 1 N–H and O–H groups in total.